The lowest BCUT2D eigenvalue weighted by Gasteiger charge is -2.22. The van der Waals surface area contributed by atoms with Crippen LogP contribution in [0.25, 0.3) is 0 Å². The molecular weight excluding hydrogens is 186 g/mol. The molecule has 0 aromatic heterocycles. The summed E-state index contributed by atoms with van der Waals surface area (Å²) >= 11 is 0. The Bertz CT molecular complexity index is 195. The highest BCUT2D eigenvalue weighted by Crippen LogP contribution is 2.47. The number of rotatable bonds is 6. The van der Waals surface area contributed by atoms with Crippen LogP contribution in [0.1, 0.15) is 39.5 Å². The minimum absolute atomic E-state index is 0.369. The SMILES string of the molecule is CCOC(C)CNCC1CC2CCC1C2. The predicted molar refractivity (Wildman–Crippen MR) is 62.9 cm³/mol. The number of nitrogens with one attached hydrogen (secondary N) is 1. The Labute approximate surface area is 93.8 Å². The Kier molecular flexibility index (Phi) is 4.04. The quantitative estimate of drug-likeness (QED) is 0.728. The Hall–Kier alpha value is -0.0800. The second kappa shape index (κ2) is 5.31. The molecule has 2 aliphatic carbocycles. The molecule has 2 saturated carbocycles. The highest BCUT2D eigenvalue weighted by molar-refractivity contribution is 4.90. The predicted octanol–water partition coefficient (Wildman–Crippen LogP) is 2.44. The van der Waals surface area contributed by atoms with Crippen molar-refractivity contribution in [2.24, 2.45) is 17.8 Å². The molecule has 2 bridgehead atoms. The molecule has 2 nitrogen and oxygen atoms in total. The van der Waals surface area contributed by atoms with Crippen LogP contribution < -0.4 is 5.32 Å². The lowest BCUT2D eigenvalue weighted by Crippen LogP contribution is -2.32. The first kappa shape index (κ1) is 11.4. The summed E-state index contributed by atoms with van der Waals surface area (Å²) in [6.07, 6.45) is 6.39. The first-order valence-corrected chi connectivity index (χ1v) is 6.62. The number of ether oxygens (including phenoxy) is 1. The van der Waals surface area contributed by atoms with Gasteiger partial charge in [0.15, 0.2) is 0 Å². The molecule has 0 spiro atoms. The summed E-state index contributed by atoms with van der Waals surface area (Å²) in [6.45, 7) is 7.28. The molecule has 2 aliphatic rings. The van der Waals surface area contributed by atoms with Crippen LogP contribution in [0.15, 0.2) is 0 Å². The molecule has 0 radical (unpaired) electrons. The molecule has 15 heavy (non-hydrogen) atoms. The zero-order chi connectivity index (χ0) is 10.7. The average molecular weight is 211 g/mol. The third kappa shape index (κ3) is 2.94. The summed E-state index contributed by atoms with van der Waals surface area (Å²) < 4.78 is 5.51. The van der Waals surface area contributed by atoms with Gasteiger partial charge in [0.25, 0.3) is 0 Å². The van der Waals surface area contributed by atoms with Crippen LogP contribution in [0.2, 0.25) is 0 Å². The molecule has 0 aliphatic heterocycles. The maximum Gasteiger partial charge on any atom is 0.0671 e. The van der Waals surface area contributed by atoms with Crippen molar-refractivity contribution in [3.05, 3.63) is 0 Å². The number of hydrogen-bond donors (Lipinski definition) is 1. The molecule has 2 rings (SSSR count). The van der Waals surface area contributed by atoms with Gasteiger partial charge in [0.05, 0.1) is 6.10 Å². The zero-order valence-electron chi connectivity index (χ0n) is 10.2. The van der Waals surface area contributed by atoms with Crippen molar-refractivity contribution in [1.29, 1.82) is 0 Å². The second-order valence-corrected chi connectivity index (χ2v) is 5.36. The van der Waals surface area contributed by atoms with Crippen molar-refractivity contribution < 1.29 is 4.74 Å². The summed E-state index contributed by atoms with van der Waals surface area (Å²) in [5, 5.41) is 3.57. The molecule has 2 heteroatoms. The van der Waals surface area contributed by atoms with Crippen molar-refractivity contribution >= 4 is 0 Å². The Balaban J connectivity index is 1.58. The van der Waals surface area contributed by atoms with Gasteiger partial charge in [-0.1, -0.05) is 6.42 Å². The molecule has 4 unspecified atom stereocenters. The van der Waals surface area contributed by atoms with Crippen molar-refractivity contribution in [3.63, 3.8) is 0 Å². The monoisotopic (exact) mass is 211 g/mol. The van der Waals surface area contributed by atoms with Gasteiger partial charge in [-0.05, 0) is 57.4 Å². The van der Waals surface area contributed by atoms with Gasteiger partial charge in [-0.2, -0.15) is 0 Å². The topological polar surface area (TPSA) is 21.3 Å². The summed E-state index contributed by atoms with van der Waals surface area (Å²) in [4.78, 5) is 0. The smallest absolute Gasteiger partial charge is 0.0671 e. The van der Waals surface area contributed by atoms with Gasteiger partial charge in [-0.25, -0.2) is 0 Å². The van der Waals surface area contributed by atoms with E-state index in [0.29, 0.717) is 6.10 Å². The highest BCUT2D eigenvalue weighted by Gasteiger charge is 2.38. The molecule has 0 heterocycles. The third-order valence-electron chi connectivity index (χ3n) is 4.17. The van der Waals surface area contributed by atoms with Gasteiger partial charge >= 0.3 is 0 Å². The summed E-state index contributed by atoms with van der Waals surface area (Å²) in [5.41, 5.74) is 0. The molecule has 88 valence electrons. The maximum absolute atomic E-state index is 5.51. The molecule has 1 N–H and O–H groups in total. The van der Waals surface area contributed by atoms with Crippen LogP contribution in [-0.2, 0) is 4.74 Å². The van der Waals surface area contributed by atoms with E-state index >= 15 is 0 Å². The zero-order valence-corrected chi connectivity index (χ0v) is 10.2. The number of fused-ring (bicyclic) bond motifs is 2. The fraction of sp³-hybridized carbons (Fsp3) is 1.00. The van der Waals surface area contributed by atoms with E-state index in [1.807, 2.05) is 0 Å². The van der Waals surface area contributed by atoms with Crippen molar-refractivity contribution in [2.45, 2.75) is 45.6 Å². The fourth-order valence-corrected chi connectivity index (χ4v) is 3.44. The Morgan fingerprint density at radius 1 is 1.33 bits per heavy atom. The van der Waals surface area contributed by atoms with E-state index in [0.717, 1.165) is 30.9 Å². The highest BCUT2D eigenvalue weighted by atomic mass is 16.5. The molecule has 0 saturated heterocycles. The van der Waals surface area contributed by atoms with E-state index in [1.54, 1.807) is 0 Å². The lowest BCUT2D eigenvalue weighted by molar-refractivity contribution is 0.0748. The average Bonchev–Trinajstić information content (AvgIpc) is 2.79. The van der Waals surface area contributed by atoms with Crippen molar-refractivity contribution in [3.8, 4) is 0 Å². The van der Waals surface area contributed by atoms with E-state index in [1.165, 1.54) is 32.2 Å². The lowest BCUT2D eigenvalue weighted by atomic mass is 9.89. The van der Waals surface area contributed by atoms with E-state index in [-0.39, 0.29) is 0 Å². The fourth-order valence-electron chi connectivity index (χ4n) is 3.44. The van der Waals surface area contributed by atoms with Crippen molar-refractivity contribution in [2.75, 3.05) is 19.7 Å². The summed E-state index contributed by atoms with van der Waals surface area (Å²) in [5.74, 6) is 3.09. The summed E-state index contributed by atoms with van der Waals surface area (Å²) in [6, 6.07) is 0. The van der Waals surface area contributed by atoms with E-state index < -0.39 is 0 Å². The molecule has 0 amide bonds. The second-order valence-electron chi connectivity index (χ2n) is 5.36. The van der Waals surface area contributed by atoms with Crippen LogP contribution >= 0.6 is 0 Å². The third-order valence-corrected chi connectivity index (χ3v) is 4.17. The van der Waals surface area contributed by atoms with Crippen LogP contribution in [0, 0.1) is 17.8 Å². The largest absolute Gasteiger partial charge is 0.377 e. The van der Waals surface area contributed by atoms with Crippen LogP contribution in [-0.4, -0.2) is 25.8 Å². The van der Waals surface area contributed by atoms with Crippen LogP contribution in [0.3, 0.4) is 0 Å². The van der Waals surface area contributed by atoms with Gasteiger partial charge in [0.2, 0.25) is 0 Å². The standard InChI is InChI=1S/C13H25NO/c1-3-15-10(2)8-14-9-13-7-11-4-5-12(13)6-11/h10-14H,3-9H2,1-2H3. The first-order valence-electron chi connectivity index (χ1n) is 6.62. The molecule has 4 atom stereocenters. The molecule has 0 aromatic carbocycles. The van der Waals surface area contributed by atoms with Gasteiger partial charge < -0.3 is 10.1 Å². The Morgan fingerprint density at radius 3 is 2.80 bits per heavy atom. The van der Waals surface area contributed by atoms with Gasteiger partial charge in [0.1, 0.15) is 0 Å². The van der Waals surface area contributed by atoms with Gasteiger partial charge in [-0.15, -0.1) is 0 Å². The Morgan fingerprint density at radius 2 is 2.20 bits per heavy atom. The molecule has 0 aromatic rings. The number of hydrogen-bond acceptors (Lipinski definition) is 2. The normalized spacial score (nSPS) is 36.0. The van der Waals surface area contributed by atoms with E-state index in [9.17, 15) is 0 Å². The van der Waals surface area contributed by atoms with Crippen LogP contribution in [0.5, 0.6) is 0 Å². The van der Waals surface area contributed by atoms with E-state index in [4.69, 9.17) is 4.74 Å². The van der Waals surface area contributed by atoms with Gasteiger partial charge in [0, 0.05) is 13.2 Å². The van der Waals surface area contributed by atoms with Gasteiger partial charge in [-0.3, -0.25) is 0 Å². The molecular formula is C13H25NO. The minimum atomic E-state index is 0.369. The maximum atomic E-state index is 5.51. The van der Waals surface area contributed by atoms with E-state index in [2.05, 4.69) is 19.2 Å². The summed E-state index contributed by atoms with van der Waals surface area (Å²) in [7, 11) is 0. The molecule has 2 fully saturated rings. The van der Waals surface area contributed by atoms with Crippen LogP contribution in [0.4, 0.5) is 0 Å². The minimum Gasteiger partial charge on any atom is -0.377 e. The first-order chi connectivity index (χ1) is 7.29. The van der Waals surface area contributed by atoms with Crippen molar-refractivity contribution in [1.82, 2.24) is 5.32 Å².